The molecule has 0 fully saturated rings. The number of nitrogens with zero attached hydrogens (tertiary/aromatic N) is 1. The van der Waals surface area contributed by atoms with Crippen LogP contribution in [0.15, 0.2) is 12.1 Å². The molecule has 1 aromatic carbocycles. The fourth-order valence-electron chi connectivity index (χ4n) is 1.20. The zero-order chi connectivity index (χ0) is 12.1. The predicted octanol–water partition coefficient (Wildman–Crippen LogP) is 1.43. The Labute approximate surface area is 92.4 Å². The standard InChI is InChI=1S/C11H10N2O3/c1-8-6-9(4-2-3-5-14)7-10(11(8)12)13(15)16/h5-7H,3,12H2,1H3. The zero-order valence-electron chi connectivity index (χ0n) is 8.69. The van der Waals surface area contributed by atoms with E-state index in [2.05, 4.69) is 11.8 Å². The van der Waals surface area contributed by atoms with Crippen LogP contribution >= 0.6 is 0 Å². The summed E-state index contributed by atoms with van der Waals surface area (Å²) in [5, 5.41) is 10.7. The Morgan fingerprint density at radius 3 is 2.81 bits per heavy atom. The molecule has 5 heteroatoms. The van der Waals surface area contributed by atoms with Gasteiger partial charge in [0.2, 0.25) is 0 Å². The normalized spacial score (nSPS) is 9.06. The number of benzene rings is 1. The van der Waals surface area contributed by atoms with Crippen LogP contribution in [0.5, 0.6) is 0 Å². The summed E-state index contributed by atoms with van der Waals surface area (Å²) in [4.78, 5) is 20.2. The molecule has 0 aromatic heterocycles. The highest BCUT2D eigenvalue weighted by molar-refractivity contribution is 5.66. The van der Waals surface area contributed by atoms with E-state index in [1.807, 2.05) is 0 Å². The molecule has 0 bridgehead atoms. The zero-order valence-corrected chi connectivity index (χ0v) is 8.69. The minimum atomic E-state index is -0.548. The van der Waals surface area contributed by atoms with Crippen molar-refractivity contribution in [2.45, 2.75) is 13.3 Å². The van der Waals surface area contributed by atoms with Gasteiger partial charge >= 0.3 is 0 Å². The minimum absolute atomic E-state index is 0.108. The van der Waals surface area contributed by atoms with Crippen LogP contribution in [0.4, 0.5) is 11.4 Å². The van der Waals surface area contributed by atoms with Gasteiger partial charge in [-0.1, -0.05) is 11.8 Å². The number of carbonyl (C=O) groups is 1. The lowest BCUT2D eigenvalue weighted by Crippen LogP contribution is -1.98. The number of aldehydes is 1. The van der Waals surface area contributed by atoms with Crippen LogP contribution in [-0.2, 0) is 4.79 Å². The highest BCUT2D eigenvalue weighted by Gasteiger charge is 2.14. The molecule has 5 nitrogen and oxygen atoms in total. The van der Waals surface area contributed by atoms with E-state index in [4.69, 9.17) is 5.73 Å². The lowest BCUT2D eigenvalue weighted by molar-refractivity contribution is -0.383. The first-order chi connectivity index (χ1) is 7.56. The third kappa shape index (κ3) is 2.58. The van der Waals surface area contributed by atoms with Gasteiger partial charge in [0.25, 0.3) is 5.69 Å². The molecular weight excluding hydrogens is 208 g/mol. The first kappa shape index (κ1) is 11.7. The largest absolute Gasteiger partial charge is 0.393 e. The lowest BCUT2D eigenvalue weighted by Gasteiger charge is -2.01. The molecule has 0 heterocycles. The molecule has 0 atom stereocenters. The van der Waals surface area contributed by atoms with E-state index in [9.17, 15) is 14.9 Å². The number of aryl methyl sites for hydroxylation is 1. The van der Waals surface area contributed by atoms with Gasteiger partial charge in [0, 0.05) is 11.6 Å². The van der Waals surface area contributed by atoms with Crippen molar-refractivity contribution >= 4 is 17.7 Å². The van der Waals surface area contributed by atoms with Gasteiger partial charge in [-0.15, -0.1) is 0 Å². The van der Waals surface area contributed by atoms with Crippen molar-refractivity contribution in [3.8, 4) is 11.8 Å². The molecule has 16 heavy (non-hydrogen) atoms. The minimum Gasteiger partial charge on any atom is -0.393 e. The summed E-state index contributed by atoms with van der Waals surface area (Å²) in [7, 11) is 0. The van der Waals surface area contributed by atoms with Gasteiger partial charge in [0.1, 0.15) is 12.0 Å². The lowest BCUT2D eigenvalue weighted by atomic mass is 10.1. The van der Waals surface area contributed by atoms with Gasteiger partial charge in [-0.3, -0.25) is 10.1 Å². The smallest absolute Gasteiger partial charge is 0.293 e. The average Bonchev–Trinajstić information content (AvgIpc) is 2.23. The summed E-state index contributed by atoms with van der Waals surface area (Å²) in [6, 6.07) is 2.96. The number of nitro groups is 1. The van der Waals surface area contributed by atoms with Crippen LogP contribution in [-0.4, -0.2) is 11.2 Å². The first-order valence-electron chi connectivity index (χ1n) is 4.53. The average molecular weight is 218 g/mol. The Bertz CT molecular complexity index is 498. The molecule has 0 unspecified atom stereocenters. The van der Waals surface area contributed by atoms with E-state index in [0.29, 0.717) is 17.4 Å². The molecule has 0 spiro atoms. The summed E-state index contributed by atoms with van der Waals surface area (Å²) >= 11 is 0. The van der Waals surface area contributed by atoms with Crippen molar-refractivity contribution < 1.29 is 9.72 Å². The van der Waals surface area contributed by atoms with Crippen molar-refractivity contribution in [1.82, 2.24) is 0 Å². The third-order valence-corrected chi connectivity index (χ3v) is 1.98. The second-order valence-corrected chi connectivity index (χ2v) is 3.16. The molecule has 0 radical (unpaired) electrons. The Balaban J connectivity index is 3.20. The molecule has 0 saturated heterocycles. The van der Waals surface area contributed by atoms with Gasteiger partial charge in [0.15, 0.2) is 0 Å². The second kappa shape index (κ2) is 4.94. The highest BCUT2D eigenvalue weighted by atomic mass is 16.6. The number of carbonyl (C=O) groups excluding carboxylic acids is 1. The molecule has 0 saturated carbocycles. The number of nitrogens with two attached hydrogens (primary N) is 1. The van der Waals surface area contributed by atoms with Gasteiger partial charge in [-0.25, -0.2) is 0 Å². The van der Waals surface area contributed by atoms with Crippen molar-refractivity contribution in [2.24, 2.45) is 0 Å². The van der Waals surface area contributed by atoms with E-state index in [1.165, 1.54) is 6.07 Å². The summed E-state index contributed by atoms with van der Waals surface area (Å²) in [6.45, 7) is 1.67. The number of nitro benzene ring substituents is 1. The highest BCUT2D eigenvalue weighted by Crippen LogP contribution is 2.26. The molecule has 1 aromatic rings. The fourth-order valence-corrected chi connectivity index (χ4v) is 1.20. The van der Waals surface area contributed by atoms with Gasteiger partial charge in [-0.2, -0.15) is 0 Å². The van der Waals surface area contributed by atoms with Crippen LogP contribution in [0, 0.1) is 28.9 Å². The molecule has 82 valence electrons. The van der Waals surface area contributed by atoms with Crippen molar-refractivity contribution in [3.05, 3.63) is 33.4 Å². The molecule has 0 aliphatic carbocycles. The summed E-state index contributed by atoms with van der Waals surface area (Å²) in [5.41, 5.74) is 6.64. The maximum Gasteiger partial charge on any atom is 0.293 e. The quantitative estimate of drug-likeness (QED) is 0.267. The van der Waals surface area contributed by atoms with Crippen LogP contribution in [0.2, 0.25) is 0 Å². The Hall–Kier alpha value is -2.35. The van der Waals surface area contributed by atoms with E-state index < -0.39 is 4.92 Å². The molecule has 1 rings (SSSR count). The third-order valence-electron chi connectivity index (χ3n) is 1.98. The van der Waals surface area contributed by atoms with E-state index in [-0.39, 0.29) is 17.8 Å². The summed E-state index contributed by atoms with van der Waals surface area (Å²) in [6.07, 6.45) is 0.781. The predicted molar refractivity (Wildman–Crippen MR) is 59.8 cm³/mol. The van der Waals surface area contributed by atoms with Gasteiger partial charge in [-0.05, 0) is 18.6 Å². The molecular formula is C11H10N2O3. The van der Waals surface area contributed by atoms with Crippen molar-refractivity contribution in [1.29, 1.82) is 0 Å². The monoisotopic (exact) mass is 218 g/mol. The van der Waals surface area contributed by atoms with Crippen LogP contribution in [0.1, 0.15) is 17.5 Å². The fraction of sp³-hybridized carbons (Fsp3) is 0.182. The Kier molecular flexibility index (Phi) is 3.62. The number of anilines is 1. The number of hydrogen-bond acceptors (Lipinski definition) is 4. The van der Waals surface area contributed by atoms with Crippen LogP contribution < -0.4 is 5.73 Å². The van der Waals surface area contributed by atoms with Gasteiger partial charge in [0.05, 0.1) is 11.3 Å². The van der Waals surface area contributed by atoms with E-state index >= 15 is 0 Å². The van der Waals surface area contributed by atoms with E-state index in [1.54, 1.807) is 13.0 Å². The Morgan fingerprint density at radius 2 is 2.25 bits per heavy atom. The van der Waals surface area contributed by atoms with E-state index in [0.717, 1.165) is 0 Å². The summed E-state index contributed by atoms with van der Waals surface area (Å²) in [5.74, 6) is 5.25. The topological polar surface area (TPSA) is 86.2 Å². The SMILES string of the molecule is Cc1cc(C#CCC=O)cc([N+](=O)[O-])c1N. The number of nitrogen functional groups attached to an aromatic ring is 1. The van der Waals surface area contributed by atoms with Crippen LogP contribution in [0.25, 0.3) is 0 Å². The van der Waals surface area contributed by atoms with Crippen molar-refractivity contribution in [3.63, 3.8) is 0 Å². The maximum atomic E-state index is 10.7. The second-order valence-electron chi connectivity index (χ2n) is 3.16. The Morgan fingerprint density at radius 1 is 1.56 bits per heavy atom. The number of hydrogen-bond donors (Lipinski definition) is 1. The van der Waals surface area contributed by atoms with Crippen LogP contribution in [0.3, 0.4) is 0 Å². The number of rotatable bonds is 2. The molecule has 0 amide bonds. The first-order valence-corrected chi connectivity index (χ1v) is 4.53. The molecule has 2 N–H and O–H groups in total. The van der Waals surface area contributed by atoms with Gasteiger partial charge < -0.3 is 10.5 Å². The van der Waals surface area contributed by atoms with Crippen molar-refractivity contribution in [2.75, 3.05) is 5.73 Å². The molecule has 0 aliphatic heterocycles. The summed E-state index contributed by atoms with van der Waals surface area (Å²) < 4.78 is 0. The maximum absolute atomic E-state index is 10.7. The molecule has 0 aliphatic rings.